The maximum Gasteiger partial charge on any atom is 0.156 e. The predicted octanol–water partition coefficient (Wildman–Crippen LogP) is 3.31. The molecule has 0 amide bonds. The monoisotopic (exact) mass is 278 g/mol. The molecule has 1 N–H and O–H groups in total. The van der Waals surface area contributed by atoms with Crippen LogP contribution in [-0.2, 0) is 0 Å². The lowest BCUT2D eigenvalue weighted by Crippen LogP contribution is -2.00. The zero-order valence-electron chi connectivity index (χ0n) is 10.3. The Morgan fingerprint density at radius 2 is 2.17 bits per heavy atom. The molecule has 0 saturated heterocycles. The van der Waals surface area contributed by atoms with E-state index in [0.717, 1.165) is 26.7 Å². The molecule has 0 bridgehead atoms. The van der Waals surface area contributed by atoms with Crippen LogP contribution in [0, 0.1) is 6.92 Å². The molecule has 2 aromatic rings. The van der Waals surface area contributed by atoms with Crippen LogP contribution >= 0.6 is 23.1 Å². The largest absolute Gasteiger partial charge is 0.373 e. The van der Waals surface area contributed by atoms with Gasteiger partial charge in [-0.1, -0.05) is 0 Å². The predicted molar refractivity (Wildman–Crippen MR) is 74.5 cm³/mol. The summed E-state index contributed by atoms with van der Waals surface area (Å²) in [6.07, 6.45) is 2.43. The van der Waals surface area contributed by atoms with Gasteiger partial charge in [-0.25, -0.2) is 15.0 Å². The first-order chi connectivity index (χ1) is 8.74. The molecule has 2 aromatic heterocycles. The summed E-state index contributed by atoms with van der Waals surface area (Å²) in [7, 11) is 1.89. The van der Waals surface area contributed by atoms with E-state index in [1.807, 2.05) is 20.0 Å². The van der Waals surface area contributed by atoms with Gasteiger partial charge in [0.1, 0.15) is 16.7 Å². The fraction of sp³-hybridized carbons (Fsp3) is 0.417. The topological polar surface area (TPSA) is 50.7 Å². The standard InChI is InChI=1S/C12H14N4S2/c1-7-6-17-12(14-7)18-10-5-9(13-2)15-11(16-10)8-3-4-8/h5-6,8H,3-4H2,1-2H3,(H,13,15,16). The van der Waals surface area contributed by atoms with E-state index in [9.17, 15) is 0 Å². The van der Waals surface area contributed by atoms with Crippen molar-refractivity contribution >= 4 is 28.9 Å². The van der Waals surface area contributed by atoms with Gasteiger partial charge >= 0.3 is 0 Å². The SMILES string of the molecule is CNc1cc(Sc2nc(C)cs2)nc(C2CC2)n1. The van der Waals surface area contributed by atoms with Gasteiger partial charge in [0.15, 0.2) is 4.34 Å². The number of thiazole rings is 1. The van der Waals surface area contributed by atoms with Crippen LogP contribution in [0.25, 0.3) is 0 Å². The molecule has 0 atom stereocenters. The molecule has 0 radical (unpaired) electrons. The summed E-state index contributed by atoms with van der Waals surface area (Å²) in [5.74, 6) is 2.43. The highest BCUT2D eigenvalue weighted by atomic mass is 32.2. The Morgan fingerprint density at radius 3 is 2.78 bits per heavy atom. The zero-order valence-corrected chi connectivity index (χ0v) is 11.9. The Hall–Kier alpha value is -1.14. The van der Waals surface area contributed by atoms with Crippen molar-refractivity contribution in [3.63, 3.8) is 0 Å². The number of nitrogens with one attached hydrogen (secondary N) is 1. The lowest BCUT2D eigenvalue weighted by atomic mass is 10.4. The lowest BCUT2D eigenvalue weighted by Gasteiger charge is -2.05. The molecule has 0 aromatic carbocycles. The van der Waals surface area contributed by atoms with Gasteiger partial charge in [-0.05, 0) is 31.5 Å². The van der Waals surface area contributed by atoms with E-state index in [1.165, 1.54) is 12.8 Å². The van der Waals surface area contributed by atoms with Gasteiger partial charge in [0.25, 0.3) is 0 Å². The van der Waals surface area contributed by atoms with Gasteiger partial charge in [0.05, 0.1) is 0 Å². The molecule has 94 valence electrons. The van der Waals surface area contributed by atoms with Gasteiger partial charge < -0.3 is 5.32 Å². The second-order valence-corrected chi connectivity index (χ2v) is 6.46. The first kappa shape index (κ1) is 11.9. The van der Waals surface area contributed by atoms with E-state index >= 15 is 0 Å². The summed E-state index contributed by atoms with van der Waals surface area (Å²) < 4.78 is 1.04. The molecule has 1 fully saturated rings. The molecule has 3 rings (SSSR count). The van der Waals surface area contributed by atoms with Crippen LogP contribution in [0.15, 0.2) is 20.8 Å². The van der Waals surface area contributed by atoms with Gasteiger partial charge in [0.2, 0.25) is 0 Å². The molecule has 2 heterocycles. The van der Waals surface area contributed by atoms with Crippen LogP contribution in [0.4, 0.5) is 5.82 Å². The minimum Gasteiger partial charge on any atom is -0.373 e. The fourth-order valence-electron chi connectivity index (χ4n) is 1.62. The van der Waals surface area contributed by atoms with Crippen LogP contribution < -0.4 is 5.32 Å². The summed E-state index contributed by atoms with van der Waals surface area (Å²) >= 11 is 3.27. The average molecular weight is 278 g/mol. The average Bonchev–Trinajstić information content (AvgIpc) is 3.14. The Morgan fingerprint density at radius 1 is 1.33 bits per heavy atom. The van der Waals surface area contributed by atoms with E-state index in [2.05, 4.69) is 25.6 Å². The number of anilines is 1. The van der Waals surface area contributed by atoms with Crippen LogP contribution in [0.1, 0.15) is 30.3 Å². The summed E-state index contributed by atoms with van der Waals surface area (Å²) in [6.45, 7) is 2.01. The first-order valence-electron chi connectivity index (χ1n) is 5.91. The summed E-state index contributed by atoms with van der Waals surface area (Å²) in [6, 6.07) is 1.98. The third-order valence-corrected chi connectivity index (χ3v) is 4.68. The second kappa shape index (κ2) is 4.85. The summed E-state index contributed by atoms with van der Waals surface area (Å²) in [4.78, 5) is 13.6. The smallest absolute Gasteiger partial charge is 0.156 e. The maximum absolute atomic E-state index is 4.63. The number of aryl methyl sites for hydroxylation is 1. The Kier molecular flexibility index (Phi) is 3.22. The lowest BCUT2D eigenvalue weighted by molar-refractivity contribution is 0.880. The van der Waals surface area contributed by atoms with E-state index < -0.39 is 0 Å². The maximum atomic E-state index is 4.63. The van der Waals surface area contributed by atoms with Crippen molar-refractivity contribution in [3.05, 3.63) is 23.0 Å². The van der Waals surface area contributed by atoms with E-state index in [-0.39, 0.29) is 0 Å². The first-order valence-corrected chi connectivity index (χ1v) is 7.61. The Balaban J connectivity index is 1.88. The van der Waals surface area contributed by atoms with Crippen molar-refractivity contribution < 1.29 is 0 Å². The normalized spacial score (nSPS) is 14.8. The van der Waals surface area contributed by atoms with Gasteiger partial charge in [-0.2, -0.15) is 0 Å². The number of aromatic nitrogens is 3. The van der Waals surface area contributed by atoms with Crippen molar-refractivity contribution in [2.75, 3.05) is 12.4 Å². The Bertz CT molecular complexity index is 563. The van der Waals surface area contributed by atoms with Gasteiger partial charge in [-0.15, -0.1) is 11.3 Å². The molecule has 1 aliphatic rings. The van der Waals surface area contributed by atoms with Gasteiger partial charge in [-0.3, -0.25) is 0 Å². The molecule has 0 spiro atoms. The van der Waals surface area contributed by atoms with E-state index in [1.54, 1.807) is 23.1 Å². The molecule has 4 nitrogen and oxygen atoms in total. The van der Waals surface area contributed by atoms with Crippen LogP contribution in [-0.4, -0.2) is 22.0 Å². The van der Waals surface area contributed by atoms with Crippen molar-refractivity contribution in [3.8, 4) is 0 Å². The molecule has 18 heavy (non-hydrogen) atoms. The molecule has 0 unspecified atom stereocenters. The van der Waals surface area contributed by atoms with Crippen LogP contribution in [0.3, 0.4) is 0 Å². The minimum atomic E-state index is 0.565. The number of hydrogen-bond donors (Lipinski definition) is 1. The zero-order chi connectivity index (χ0) is 12.5. The molecule has 6 heteroatoms. The highest BCUT2D eigenvalue weighted by Gasteiger charge is 2.27. The number of nitrogens with zero attached hydrogens (tertiary/aromatic N) is 3. The summed E-state index contributed by atoms with van der Waals surface area (Å²) in [5, 5.41) is 6.14. The van der Waals surface area contributed by atoms with Crippen LogP contribution in [0.5, 0.6) is 0 Å². The third kappa shape index (κ3) is 2.64. The Labute approximate surface area is 114 Å². The van der Waals surface area contributed by atoms with Crippen molar-refractivity contribution in [2.24, 2.45) is 0 Å². The highest BCUT2D eigenvalue weighted by molar-refractivity contribution is 8.01. The molecule has 0 aliphatic heterocycles. The molecule has 1 saturated carbocycles. The number of rotatable bonds is 4. The van der Waals surface area contributed by atoms with Crippen molar-refractivity contribution in [2.45, 2.75) is 35.0 Å². The molecular formula is C12H14N4S2. The van der Waals surface area contributed by atoms with Crippen molar-refractivity contribution in [1.29, 1.82) is 0 Å². The van der Waals surface area contributed by atoms with E-state index in [4.69, 9.17) is 0 Å². The molecular weight excluding hydrogens is 264 g/mol. The van der Waals surface area contributed by atoms with Gasteiger partial charge in [0, 0.05) is 30.1 Å². The molecule has 1 aliphatic carbocycles. The quantitative estimate of drug-likeness (QED) is 0.870. The fourth-order valence-corrected chi connectivity index (χ4v) is 3.41. The van der Waals surface area contributed by atoms with Crippen molar-refractivity contribution in [1.82, 2.24) is 15.0 Å². The van der Waals surface area contributed by atoms with E-state index in [0.29, 0.717) is 5.92 Å². The highest BCUT2D eigenvalue weighted by Crippen LogP contribution is 2.40. The second-order valence-electron chi connectivity index (χ2n) is 4.33. The summed E-state index contributed by atoms with van der Waals surface area (Å²) in [5.41, 5.74) is 1.06. The number of hydrogen-bond acceptors (Lipinski definition) is 6. The van der Waals surface area contributed by atoms with Crippen LogP contribution in [0.2, 0.25) is 0 Å². The third-order valence-electron chi connectivity index (χ3n) is 2.71. The minimum absolute atomic E-state index is 0.565.